The molecular formula is C26H32N4. The second-order valence-electron chi connectivity index (χ2n) is 8.49. The molecule has 1 fully saturated rings. The van der Waals surface area contributed by atoms with Crippen molar-refractivity contribution in [1.82, 2.24) is 9.55 Å². The van der Waals surface area contributed by atoms with Crippen molar-refractivity contribution in [2.45, 2.75) is 58.4 Å². The zero-order valence-corrected chi connectivity index (χ0v) is 18.3. The second kappa shape index (κ2) is 9.29. The number of aliphatic imine (C=N–C) groups is 1. The number of imidazole rings is 1. The van der Waals surface area contributed by atoms with E-state index in [1.165, 1.54) is 31.2 Å². The van der Waals surface area contributed by atoms with Crippen LogP contribution in [-0.4, -0.2) is 15.8 Å². The number of anilines is 1. The summed E-state index contributed by atoms with van der Waals surface area (Å²) in [5, 5.41) is 3.53. The molecule has 4 rings (SSSR count). The molecule has 1 aromatic heterocycles. The lowest BCUT2D eigenvalue weighted by Crippen LogP contribution is -2.10. The number of rotatable bonds is 6. The van der Waals surface area contributed by atoms with Crippen LogP contribution in [0.2, 0.25) is 0 Å². The highest BCUT2D eigenvalue weighted by molar-refractivity contribution is 5.62. The SMILES string of the molecule is CC=Nc1c(C(C)Nc2ccccc2)ncn1-c1ccc(C2CCC(C)CC2)cc1. The predicted molar refractivity (Wildman–Crippen MR) is 126 cm³/mol. The molecule has 4 nitrogen and oxygen atoms in total. The largest absolute Gasteiger partial charge is 0.377 e. The Bertz CT molecular complexity index is 964. The second-order valence-corrected chi connectivity index (χ2v) is 8.49. The first-order chi connectivity index (χ1) is 14.7. The fourth-order valence-electron chi connectivity index (χ4n) is 4.45. The lowest BCUT2D eigenvalue weighted by atomic mass is 9.79. The van der Waals surface area contributed by atoms with Gasteiger partial charge in [0.15, 0.2) is 5.82 Å². The zero-order valence-electron chi connectivity index (χ0n) is 18.3. The minimum atomic E-state index is 0.0517. The maximum Gasteiger partial charge on any atom is 0.161 e. The highest BCUT2D eigenvalue weighted by Gasteiger charge is 2.21. The fourth-order valence-corrected chi connectivity index (χ4v) is 4.45. The Kier molecular flexibility index (Phi) is 6.32. The summed E-state index contributed by atoms with van der Waals surface area (Å²) >= 11 is 0. The van der Waals surface area contributed by atoms with E-state index < -0.39 is 0 Å². The summed E-state index contributed by atoms with van der Waals surface area (Å²) in [5.41, 5.74) is 4.60. The lowest BCUT2D eigenvalue weighted by Gasteiger charge is -2.26. The van der Waals surface area contributed by atoms with Crippen LogP contribution in [0.25, 0.3) is 5.69 Å². The maximum atomic E-state index is 4.71. The predicted octanol–water partition coefficient (Wildman–Crippen LogP) is 7.06. The Labute approximate surface area is 180 Å². The van der Waals surface area contributed by atoms with E-state index in [1.807, 2.05) is 37.7 Å². The molecule has 0 saturated heterocycles. The molecule has 3 aromatic rings. The highest BCUT2D eigenvalue weighted by Crippen LogP contribution is 2.36. The Morgan fingerprint density at radius 2 is 1.73 bits per heavy atom. The van der Waals surface area contributed by atoms with Gasteiger partial charge in [-0.05, 0) is 68.4 Å². The van der Waals surface area contributed by atoms with Crippen LogP contribution in [0.1, 0.15) is 69.7 Å². The molecule has 4 heteroatoms. The molecule has 1 unspecified atom stereocenters. The van der Waals surface area contributed by atoms with Crippen LogP contribution in [0.4, 0.5) is 11.5 Å². The number of para-hydroxylation sites is 1. The number of aromatic nitrogens is 2. The van der Waals surface area contributed by atoms with Crippen LogP contribution in [-0.2, 0) is 0 Å². The van der Waals surface area contributed by atoms with Gasteiger partial charge in [-0.15, -0.1) is 0 Å². The average Bonchev–Trinajstić information content (AvgIpc) is 3.19. The molecule has 0 radical (unpaired) electrons. The van der Waals surface area contributed by atoms with Gasteiger partial charge in [0.1, 0.15) is 12.0 Å². The quantitative estimate of drug-likeness (QED) is 0.450. The Hall–Kier alpha value is -2.88. The maximum absolute atomic E-state index is 4.71. The Balaban J connectivity index is 1.57. The minimum Gasteiger partial charge on any atom is -0.377 e. The molecular weight excluding hydrogens is 368 g/mol. The van der Waals surface area contributed by atoms with Crippen molar-refractivity contribution in [2.75, 3.05) is 5.32 Å². The average molecular weight is 401 g/mol. The van der Waals surface area contributed by atoms with Crippen LogP contribution in [0.15, 0.2) is 65.9 Å². The molecule has 0 spiro atoms. The molecule has 1 N–H and O–H groups in total. The highest BCUT2D eigenvalue weighted by atomic mass is 15.2. The molecule has 0 aliphatic heterocycles. The van der Waals surface area contributed by atoms with Gasteiger partial charge in [0.25, 0.3) is 0 Å². The summed E-state index contributed by atoms with van der Waals surface area (Å²) in [7, 11) is 0. The lowest BCUT2D eigenvalue weighted by molar-refractivity contribution is 0.348. The van der Waals surface area contributed by atoms with Crippen molar-refractivity contribution in [3.05, 3.63) is 72.2 Å². The molecule has 1 aliphatic carbocycles. The van der Waals surface area contributed by atoms with E-state index in [1.54, 1.807) is 0 Å². The van der Waals surface area contributed by atoms with Crippen molar-refractivity contribution in [2.24, 2.45) is 10.9 Å². The molecule has 1 aliphatic rings. The van der Waals surface area contributed by atoms with Gasteiger partial charge in [-0.1, -0.05) is 50.1 Å². The third-order valence-corrected chi connectivity index (χ3v) is 6.25. The van der Waals surface area contributed by atoms with Gasteiger partial charge in [-0.3, -0.25) is 4.57 Å². The van der Waals surface area contributed by atoms with Gasteiger partial charge in [0, 0.05) is 17.6 Å². The fraction of sp³-hybridized carbons (Fsp3) is 0.385. The van der Waals surface area contributed by atoms with Crippen LogP contribution in [0.5, 0.6) is 0 Å². The molecule has 1 heterocycles. The summed E-state index contributed by atoms with van der Waals surface area (Å²) < 4.78 is 2.09. The molecule has 1 saturated carbocycles. The molecule has 30 heavy (non-hydrogen) atoms. The molecule has 2 aromatic carbocycles. The van der Waals surface area contributed by atoms with Gasteiger partial charge < -0.3 is 5.32 Å². The smallest absolute Gasteiger partial charge is 0.161 e. The van der Waals surface area contributed by atoms with Gasteiger partial charge >= 0.3 is 0 Å². The zero-order chi connectivity index (χ0) is 20.9. The van der Waals surface area contributed by atoms with Crippen molar-refractivity contribution >= 4 is 17.7 Å². The van der Waals surface area contributed by atoms with Crippen LogP contribution in [0, 0.1) is 5.92 Å². The van der Waals surface area contributed by atoms with Crippen molar-refractivity contribution in [3.8, 4) is 5.69 Å². The summed E-state index contributed by atoms with van der Waals surface area (Å²) in [6.07, 6.45) is 9.04. The summed E-state index contributed by atoms with van der Waals surface area (Å²) in [5.74, 6) is 2.47. The first-order valence-electron chi connectivity index (χ1n) is 11.1. The monoisotopic (exact) mass is 400 g/mol. The number of nitrogens with zero attached hydrogens (tertiary/aromatic N) is 3. The van der Waals surface area contributed by atoms with Gasteiger partial charge in [0.2, 0.25) is 0 Å². The standard InChI is InChI=1S/C26H32N4/c1-4-27-26-25(20(3)29-23-8-6-5-7-9-23)28-18-30(26)24-16-14-22(15-17-24)21-12-10-19(2)11-13-21/h4-9,14-21,29H,10-13H2,1-3H3. The topological polar surface area (TPSA) is 42.2 Å². The molecule has 0 amide bonds. The number of benzene rings is 2. The third-order valence-electron chi connectivity index (χ3n) is 6.25. The normalized spacial score (nSPS) is 20.4. The van der Waals surface area contributed by atoms with Gasteiger partial charge in [0.05, 0.1) is 6.04 Å². The first kappa shape index (κ1) is 20.4. The Morgan fingerprint density at radius 3 is 2.40 bits per heavy atom. The van der Waals surface area contributed by atoms with E-state index in [9.17, 15) is 0 Å². The number of nitrogens with one attached hydrogen (secondary N) is 1. The van der Waals surface area contributed by atoms with Crippen molar-refractivity contribution in [1.29, 1.82) is 0 Å². The van der Waals surface area contributed by atoms with Gasteiger partial charge in [-0.25, -0.2) is 9.98 Å². The van der Waals surface area contributed by atoms with Crippen LogP contribution < -0.4 is 5.32 Å². The van der Waals surface area contributed by atoms with E-state index in [0.29, 0.717) is 5.92 Å². The van der Waals surface area contributed by atoms with E-state index in [-0.39, 0.29) is 6.04 Å². The van der Waals surface area contributed by atoms with Crippen molar-refractivity contribution in [3.63, 3.8) is 0 Å². The number of hydrogen-bond donors (Lipinski definition) is 1. The van der Waals surface area contributed by atoms with E-state index in [2.05, 4.69) is 65.1 Å². The summed E-state index contributed by atoms with van der Waals surface area (Å²) in [4.78, 5) is 9.38. The minimum absolute atomic E-state index is 0.0517. The first-order valence-corrected chi connectivity index (χ1v) is 11.1. The van der Waals surface area contributed by atoms with E-state index in [0.717, 1.165) is 28.8 Å². The summed E-state index contributed by atoms with van der Waals surface area (Å²) in [6, 6.07) is 19.3. The summed E-state index contributed by atoms with van der Waals surface area (Å²) in [6.45, 7) is 6.45. The van der Waals surface area contributed by atoms with Crippen LogP contribution >= 0.6 is 0 Å². The molecule has 1 atom stereocenters. The third kappa shape index (κ3) is 4.48. The molecule has 156 valence electrons. The molecule has 0 bridgehead atoms. The Morgan fingerprint density at radius 1 is 1.03 bits per heavy atom. The van der Waals surface area contributed by atoms with Gasteiger partial charge in [-0.2, -0.15) is 0 Å². The number of hydrogen-bond acceptors (Lipinski definition) is 3. The van der Waals surface area contributed by atoms with E-state index >= 15 is 0 Å². The van der Waals surface area contributed by atoms with E-state index in [4.69, 9.17) is 4.98 Å². The van der Waals surface area contributed by atoms with Crippen molar-refractivity contribution < 1.29 is 0 Å². The van der Waals surface area contributed by atoms with Crippen LogP contribution in [0.3, 0.4) is 0 Å².